The second kappa shape index (κ2) is 3.42. The molecule has 0 spiro atoms. The van der Waals surface area contributed by atoms with Crippen molar-refractivity contribution in [2.24, 2.45) is 0 Å². The van der Waals surface area contributed by atoms with Crippen LogP contribution in [0.4, 0.5) is 14.5 Å². The third kappa shape index (κ3) is 2.04. The fourth-order valence-corrected chi connectivity index (χ4v) is 1.12. The highest BCUT2D eigenvalue weighted by Crippen LogP contribution is 2.23. The Hall–Kier alpha value is -0.960. The molecule has 3 heteroatoms. The lowest BCUT2D eigenvalue weighted by Gasteiger charge is -2.27. The van der Waals surface area contributed by atoms with Gasteiger partial charge in [-0.1, -0.05) is 0 Å². The van der Waals surface area contributed by atoms with Gasteiger partial charge in [0.2, 0.25) is 0 Å². The zero-order valence-corrected chi connectivity index (χ0v) is 8.14. The van der Waals surface area contributed by atoms with Crippen molar-refractivity contribution < 1.29 is 8.78 Å². The summed E-state index contributed by atoms with van der Waals surface area (Å²) in [5.74, 6) is -0.746. The summed E-state index contributed by atoms with van der Waals surface area (Å²) in [6, 6.07) is 3.55. The minimum Gasteiger partial charge on any atom is -0.294 e. The maximum absolute atomic E-state index is 13.3. The molecule has 1 rings (SSSR count). The zero-order chi connectivity index (χ0) is 10.1. The summed E-state index contributed by atoms with van der Waals surface area (Å²) >= 11 is 0. The molecule has 13 heavy (non-hydrogen) atoms. The van der Waals surface area contributed by atoms with Crippen LogP contribution in [0.3, 0.4) is 0 Å². The third-order valence-corrected chi connectivity index (χ3v) is 2.35. The number of hydrogen-bond donors (Lipinski definition) is 0. The van der Waals surface area contributed by atoms with Gasteiger partial charge in [-0.15, -0.1) is 0 Å². The van der Waals surface area contributed by atoms with E-state index in [2.05, 4.69) is 0 Å². The Bertz CT molecular complexity index is 308. The predicted molar refractivity (Wildman–Crippen MR) is 50.5 cm³/mol. The van der Waals surface area contributed by atoms with E-state index < -0.39 is 5.82 Å². The van der Waals surface area contributed by atoms with Crippen LogP contribution in [-0.2, 0) is 0 Å². The standard InChI is InChI=1S/C10H14F2N/c1-4-13(2,3)10-7-8(11)5-6-9(10)12/h5-7H,4H2,1-3H3/q+1. The van der Waals surface area contributed by atoms with Crippen molar-refractivity contribution in [2.75, 3.05) is 20.6 Å². The molecule has 1 aromatic rings. The molecule has 1 nitrogen and oxygen atoms in total. The summed E-state index contributed by atoms with van der Waals surface area (Å²) in [5, 5.41) is 0. The maximum atomic E-state index is 13.3. The molecule has 0 unspecified atom stereocenters. The van der Waals surface area contributed by atoms with Crippen molar-refractivity contribution in [2.45, 2.75) is 6.92 Å². The molecule has 0 heterocycles. The van der Waals surface area contributed by atoms with E-state index >= 15 is 0 Å². The number of benzene rings is 1. The highest BCUT2D eigenvalue weighted by atomic mass is 19.1. The normalized spacial score (nSPS) is 11.8. The largest absolute Gasteiger partial charge is 0.294 e. The van der Waals surface area contributed by atoms with Crippen LogP contribution in [-0.4, -0.2) is 20.6 Å². The van der Waals surface area contributed by atoms with Gasteiger partial charge in [-0.2, -0.15) is 0 Å². The maximum Gasteiger partial charge on any atom is 0.184 e. The fourth-order valence-electron chi connectivity index (χ4n) is 1.12. The molecule has 0 radical (unpaired) electrons. The topological polar surface area (TPSA) is 0 Å². The fraction of sp³-hybridized carbons (Fsp3) is 0.400. The van der Waals surface area contributed by atoms with Crippen LogP contribution in [0.15, 0.2) is 18.2 Å². The third-order valence-electron chi connectivity index (χ3n) is 2.35. The van der Waals surface area contributed by atoms with Crippen LogP contribution in [0.5, 0.6) is 0 Å². The molecule has 1 aromatic carbocycles. The summed E-state index contributed by atoms with van der Waals surface area (Å²) < 4.78 is 26.5. The number of hydrogen-bond acceptors (Lipinski definition) is 0. The first-order chi connectivity index (χ1) is 5.97. The smallest absolute Gasteiger partial charge is 0.184 e. The summed E-state index contributed by atoms with van der Waals surface area (Å²) in [7, 11) is 3.69. The number of rotatable bonds is 2. The highest BCUT2D eigenvalue weighted by Gasteiger charge is 2.21. The van der Waals surface area contributed by atoms with Crippen LogP contribution in [0.2, 0.25) is 0 Å². The SMILES string of the molecule is CC[N+](C)(C)c1cc(F)ccc1F. The molecule has 0 aromatic heterocycles. The van der Waals surface area contributed by atoms with Gasteiger partial charge in [-0.05, 0) is 19.1 Å². The van der Waals surface area contributed by atoms with E-state index in [1.165, 1.54) is 12.1 Å². The van der Waals surface area contributed by atoms with Crippen LogP contribution in [0.1, 0.15) is 6.92 Å². The van der Waals surface area contributed by atoms with Crippen molar-refractivity contribution in [3.63, 3.8) is 0 Å². The Kier molecular flexibility index (Phi) is 2.66. The molecule has 0 aliphatic rings. The highest BCUT2D eigenvalue weighted by molar-refractivity contribution is 5.43. The predicted octanol–water partition coefficient (Wildman–Crippen LogP) is 2.55. The molecule has 0 aliphatic heterocycles. The first kappa shape index (κ1) is 10.1. The first-order valence-corrected chi connectivity index (χ1v) is 4.26. The van der Waals surface area contributed by atoms with Crippen LogP contribution >= 0.6 is 0 Å². The van der Waals surface area contributed by atoms with Crippen LogP contribution in [0.25, 0.3) is 0 Å². The Morgan fingerprint density at radius 1 is 1.23 bits per heavy atom. The molecule has 0 saturated carbocycles. The summed E-state index contributed by atoms with van der Waals surface area (Å²) in [6.07, 6.45) is 0. The monoisotopic (exact) mass is 186 g/mol. The molecule has 0 amide bonds. The summed E-state index contributed by atoms with van der Waals surface area (Å²) in [6.45, 7) is 2.66. The minimum absolute atomic E-state index is 0.351. The van der Waals surface area contributed by atoms with Gasteiger partial charge in [0.05, 0.1) is 20.6 Å². The number of quaternary nitrogens is 1. The average Bonchev–Trinajstić information content (AvgIpc) is 2.09. The van der Waals surface area contributed by atoms with Gasteiger partial charge in [0, 0.05) is 6.07 Å². The van der Waals surface area contributed by atoms with Gasteiger partial charge in [-0.3, -0.25) is 4.48 Å². The zero-order valence-electron chi connectivity index (χ0n) is 8.14. The van der Waals surface area contributed by atoms with Gasteiger partial charge in [0.25, 0.3) is 0 Å². The van der Waals surface area contributed by atoms with Crippen molar-refractivity contribution >= 4 is 5.69 Å². The molecule has 0 atom stereocenters. The lowest BCUT2D eigenvalue weighted by atomic mass is 10.2. The quantitative estimate of drug-likeness (QED) is 0.623. The first-order valence-electron chi connectivity index (χ1n) is 4.26. The van der Waals surface area contributed by atoms with E-state index in [1.807, 2.05) is 21.0 Å². The molecule has 72 valence electrons. The van der Waals surface area contributed by atoms with E-state index in [4.69, 9.17) is 0 Å². The van der Waals surface area contributed by atoms with E-state index in [0.717, 1.165) is 12.6 Å². The lowest BCUT2D eigenvalue weighted by molar-refractivity contribution is 0.399. The second-order valence-corrected chi connectivity index (χ2v) is 3.60. The minimum atomic E-state index is -0.393. The van der Waals surface area contributed by atoms with Gasteiger partial charge < -0.3 is 0 Å². The summed E-state index contributed by atoms with van der Waals surface area (Å²) in [5.41, 5.74) is 0.391. The van der Waals surface area contributed by atoms with Gasteiger partial charge in [-0.25, -0.2) is 8.78 Å². The van der Waals surface area contributed by atoms with Crippen molar-refractivity contribution in [3.05, 3.63) is 29.8 Å². The second-order valence-electron chi connectivity index (χ2n) is 3.60. The van der Waals surface area contributed by atoms with E-state index in [-0.39, 0.29) is 5.82 Å². The van der Waals surface area contributed by atoms with E-state index in [0.29, 0.717) is 10.2 Å². The molecular formula is C10H14F2N+. The Labute approximate surface area is 77.2 Å². The van der Waals surface area contributed by atoms with Gasteiger partial charge in [0.1, 0.15) is 5.82 Å². The van der Waals surface area contributed by atoms with E-state index in [9.17, 15) is 8.78 Å². The Balaban J connectivity index is 3.20. The van der Waals surface area contributed by atoms with Crippen LogP contribution < -0.4 is 4.48 Å². The lowest BCUT2D eigenvalue weighted by Crippen LogP contribution is -2.40. The number of nitrogens with zero attached hydrogens (tertiary/aromatic N) is 1. The Morgan fingerprint density at radius 2 is 1.85 bits per heavy atom. The molecule has 0 aliphatic carbocycles. The van der Waals surface area contributed by atoms with Crippen LogP contribution in [0, 0.1) is 11.6 Å². The molecule has 0 bridgehead atoms. The molecule has 0 N–H and O–H groups in total. The number of halogens is 2. The van der Waals surface area contributed by atoms with Crippen molar-refractivity contribution in [3.8, 4) is 0 Å². The summed E-state index contributed by atoms with van der Waals surface area (Å²) in [4.78, 5) is 0. The Morgan fingerprint density at radius 3 is 2.38 bits per heavy atom. The van der Waals surface area contributed by atoms with Crippen molar-refractivity contribution in [1.82, 2.24) is 4.48 Å². The molecule has 0 fully saturated rings. The van der Waals surface area contributed by atoms with Gasteiger partial charge >= 0.3 is 0 Å². The molecular weight excluding hydrogens is 172 g/mol. The average molecular weight is 186 g/mol. The van der Waals surface area contributed by atoms with Crippen molar-refractivity contribution in [1.29, 1.82) is 0 Å². The van der Waals surface area contributed by atoms with Gasteiger partial charge in [0.15, 0.2) is 11.5 Å². The van der Waals surface area contributed by atoms with E-state index in [1.54, 1.807) is 0 Å². The molecule has 0 saturated heterocycles.